The molecule has 1 amide bonds. The molecule has 0 saturated carbocycles. The first-order valence-electron chi connectivity index (χ1n) is 7.56. The van der Waals surface area contributed by atoms with Crippen molar-refractivity contribution < 1.29 is 4.79 Å². The molecule has 2 heterocycles. The average Bonchev–Trinajstić information content (AvgIpc) is 2.80. The lowest BCUT2D eigenvalue weighted by molar-refractivity contribution is -0.128. The zero-order valence-electron chi connectivity index (χ0n) is 12.7. The first-order chi connectivity index (χ1) is 9.60. The highest BCUT2D eigenvalue weighted by molar-refractivity contribution is 5.78. The van der Waals surface area contributed by atoms with E-state index in [0.717, 1.165) is 30.9 Å². The molecule has 0 aromatic carbocycles. The maximum absolute atomic E-state index is 12.0. The molecule has 1 aliphatic rings. The fourth-order valence-electron chi connectivity index (χ4n) is 2.50. The third kappa shape index (κ3) is 3.71. The van der Waals surface area contributed by atoms with Gasteiger partial charge in [-0.05, 0) is 29.9 Å². The Morgan fingerprint density at radius 1 is 1.45 bits per heavy atom. The number of rotatable bonds is 6. The normalized spacial score (nSPS) is 18.9. The molecule has 1 aliphatic heterocycles. The number of pyridine rings is 1. The molecule has 4 heteroatoms. The number of hydrogen-bond acceptors (Lipinski definition) is 3. The zero-order chi connectivity index (χ0) is 14.5. The van der Waals surface area contributed by atoms with Crippen molar-refractivity contribution in [3.05, 3.63) is 23.9 Å². The Kier molecular flexibility index (Phi) is 4.99. The largest absolute Gasteiger partial charge is 0.370 e. The molecule has 1 aromatic heterocycles. The quantitative estimate of drug-likeness (QED) is 0.868. The van der Waals surface area contributed by atoms with E-state index >= 15 is 0 Å². The van der Waals surface area contributed by atoms with E-state index in [4.69, 9.17) is 0 Å². The SMILES string of the molecule is CCCNc1ccc(CN2CC(C(C)C)CC2=O)cn1. The van der Waals surface area contributed by atoms with Crippen LogP contribution in [0.15, 0.2) is 18.3 Å². The van der Waals surface area contributed by atoms with Gasteiger partial charge in [-0.25, -0.2) is 4.98 Å². The number of nitrogens with zero attached hydrogens (tertiary/aromatic N) is 2. The first-order valence-corrected chi connectivity index (χ1v) is 7.56. The maximum Gasteiger partial charge on any atom is 0.223 e. The number of carbonyl (C=O) groups excluding carboxylic acids is 1. The second kappa shape index (κ2) is 6.73. The summed E-state index contributed by atoms with van der Waals surface area (Å²) in [5.41, 5.74) is 1.10. The van der Waals surface area contributed by atoms with Crippen LogP contribution in [0.5, 0.6) is 0 Å². The van der Waals surface area contributed by atoms with Gasteiger partial charge in [0.1, 0.15) is 5.82 Å². The Bertz CT molecular complexity index is 442. The van der Waals surface area contributed by atoms with E-state index in [1.165, 1.54) is 0 Å². The van der Waals surface area contributed by atoms with Gasteiger partial charge in [0, 0.05) is 32.3 Å². The molecular formula is C16H25N3O. The van der Waals surface area contributed by atoms with Crippen LogP contribution in [0.4, 0.5) is 5.82 Å². The average molecular weight is 275 g/mol. The number of hydrogen-bond donors (Lipinski definition) is 1. The summed E-state index contributed by atoms with van der Waals surface area (Å²) >= 11 is 0. The molecular weight excluding hydrogens is 250 g/mol. The number of anilines is 1. The Morgan fingerprint density at radius 3 is 2.80 bits per heavy atom. The molecule has 0 aliphatic carbocycles. The molecule has 1 fully saturated rings. The van der Waals surface area contributed by atoms with Crippen LogP contribution < -0.4 is 5.32 Å². The van der Waals surface area contributed by atoms with Crippen molar-refractivity contribution in [2.45, 2.75) is 40.2 Å². The highest BCUT2D eigenvalue weighted by atomic mass is 16.2. The first kappa shape index (κ1) is 14.8. The minimum atomic E-state index is 0.275. The summed E-state index contributed by atoms with van der Waals surface area (Å²) in [6.07, 6.45) is 3.65. The van der Waals surface area contributed by atoms with Crippen LogP contribution in [0.1, 0.15) is 39.2 Å². The molecule has 20 heavy (non-hydrogen) atoms. The lowest BCUT2D eigenvalue weighted by atomic mass is 9.95. The second-order valence-electron chi connectivity index (χ2n) is 5.96. The van der Waals surface area contributed by atoms with Crippen LogP contribution in [0.25, 0.3) is 0 Å². The molecule has 110 valence electrons. The zero-order valence-corrected chi connectivity index (χ0v) is 12.7. The minimum Gasteiger partial charge on any atom is -0.370 e. The highest BCUT2D eigenvalue weighted by Gasteiger charge is 2.31. The van der Waals surface area contributed by atoms with Gasteiger partial charge in [-0.15, -0.1) is 0 Å². The van der Waals surface area contributed by atoms with Crippen molar-refractivity contribution in [1.82, 2.24) is 9.88 Å². The second-order valence-corrected chi connectivity index (χ2v) is 5.96. The predicted octanol–water partition coefficient (Wildman–Crippen LogP) is 2.91. The number of nitrogens with one attached hydrogen (secondary N) is 1. The van der Waals surface area contributed by atoms with Gasteiger partial charge in [0.05, 0.1) is 0 Å². The van der Waals surface area contributed by atoms with E-state index in [9.17, 15) is 4.79 Å². The molecule has 4 nitrogen and oxygen atoms in total. The predicted molar refractivity (Wildman–Crippen MR) is 81.4 cm³/mol. The van der Waals surface area contributed by atoms with Crippen LogP contribution >= 0.6 is 0 Å². The van der Waals surface area contributed by atoms with Gasteiger partial charge in [0.2, 0.25) is 5.91 Å². The molecule has 0 radical (unpaired) electrons. The summed E-state index contributed by atoms with van der Waals surface area (Å²) in [7, 11) is 0. The topological polar surface area (TPSA) is 45.2 Å². The highest BCUT2D eigenvalue weighted by Crippen LogP contribution is 2.26. The molecule has 1 atom stereocenters. The van der Waals surface area contributed by atoms with Crippen molar-refractivity contribution in [1.29, 1.82) is 0 Å². The van der Waals surface area contributed by atoms with Crippen molar-refractivity contribution in [3.8, 4) is 0 Å². The fraction of sp³-hybridized carbons (Fsp3) is 0.625. The van der Waals surface area contributed by atoms with Crippen molar-refractivity contribution in [2.75, 3.05) is 18.4 Å². The van der Waals surface area contributed by atoms with Crippen molar-refractivity contribution in [2.24, 2.45) is 11.8 Å². The van der Waals surface area contributed by atoms with Crippen LogP contribution in [0, 0.1) is 11.8 Å². The molecule has 0 bridgehead atoms. The molecule has 1 N–H and O–H groups in total. The Balaban J connectivity index is 1.91. The molecule has 1 saturated heterocycles. The Hall–Kier alpha value is -1.58. The fourth-order valence-corrected chi connectivity index (χ4v) is 2.50. The van der Waals surface area contributed by atoms with Gasteiger partial charge in [-0.2, -0.15) is 0 Å². The minimum absolute atomic E-state index is 0.275. The summed E-state index contributed by atoms with van der Waals surface area (Å²) in [6.45, 7) is 9.02. The third-order valence-corrected chi connectivity index (χ3v) is 3.94. The number of carbonyl (C=O) groups is 1. The Labute approximate surface area is 121 Å². The Morgan fingerprint density at radius 2 is 2.25 bits per heavy atom. The maximum atomic E-state index is 12.0. The van der Waals surface area contributed by atoms with E-state index < -0.39 is 0 Å². The number of likely N-dealkylation sites (tertiary alicyclic amines) is 1. The van der Waals surface area contributed by atoms with Gasteiger partial charge in [0.25, 0.3) is 0 Å². The van der Waals surface area contributed by atoms with Gasteiger partial charge < -0.3 is 10.2 Å². The summed E-state index contributed by atoms with van der Waals surface area (Å²) in [5, 5.41) is 3.25. The number of aromatic nitrogens is 1. The lowest BCUT2D eigenvalue weighted by Crippen LogP contribution is -2.25. The van der Waals surface area contributed by atoms with Gasteiger partial charge >= 0.3 is 0 Å². The van der Waals surface area contributed by atoms with Crippen molar-refractivity contribution >= 4 is 11.7 Å². The molecule has 0 spiro atoms. The summed E-state index contributed by atoms with van der Waals surface area (Å²) in [5.74, 6) is 2.25. The van der Waals surface area contributed by atoms with Crippen LogP contribution in [-0.4, -0.2) is 28.9 Å². The summed E-state index contributed by atoms with van der Waals surface area (Å²) in [6, 6.07) is 4.05. The van der Waals surface area contributed by atoms with Crippen LogP contribution in [-0.2, 0) is 11.3 Å². The van der Waals surface area contributed by atoms with E-state index in [1.807, 2.05) is 17.2 Å². The van der Waals surface area contributed by atoms with E-state index in [0.29, 0.717) is 24.8 Å². The standard InChI is InChI=1S/C16H25N3O/c1-4-7-17-15-6-5-13(9-18-15)10-19-11-14(12(2)3)8-16(19)20/h5-6,9,12,14H,4,7-8,10-11H2,1-3H3,(H,17,18). The van der Waals surface area contributed by atoms with E-state index in [2.05, 4.69) is 37.1 Å². The third-order valence-electron chi connectivity index (χ3n) is 3.94. The van der Waals surface area contributed by atoms with E-state index in [1.54, 1.807) is 0 Å². The monoisotopic (exact) mass is 275 g/mol. The summed E-state index contributed by atoms with van der Waals surface area (Å²) in [4.78, 5) is 18.3. The molecule has 1 aromatic rings. The molecule has 1 unspecified atom stereocenters. The van der Waals surface area contributed by atoms with E-state index in [-0.39, 0.29) is 5.91 Å². The van der Waals surface area contributed by atoms with Crippen molar-refractivity contribution in [3.63, 3.8) is 0 Å². The van der Waals surface area contributed by atoms with Crippen LogP contribution in [0.2, 0.25) is 0 Å². The van der Waals surface area contributed by atoms with Gasteiger partial charge in [-0.3, -0.25) is 4.79 Å². The van der Waals surface area contributed by atoms with Crippen LogP contribution in [0.3, 0.4) is 0 Å². The van der Waals surface area contributed by atoms with Gasteiger partial charge in [-0.1, -0.05) is 26.8 Å². The summed E-state index contributed by atoms with van der Waals surface area (Å²) < 4.78 is 0. The lowest BCUT2D eigenvalue weighted by Gasteiger charge is -2.18. The van der Waals surface area contributed by atoms with Gasteiger partial charge in [0.15, 0.2) is 0 Å². The number of amides is 1. The smallest absolute Gasteiger partial charge is 0.223 e. The molecule has 2 rings (SSSR count).